The molecule has 0 heterocycles. The van der Waals surface area contributed by atoms with Gasteiger partial charge in [-0.25, -0.2) is 8.42 Å². The highest BCUT2D eigenvalue weighted by molar-refractivity contribution is 9.10. The summed E-state index contributed by atoms with van der Waals surface area (Å²) in [5.74, 6) is 2.29. The van der Waals surface area contributed by atoms with Crippen LogP contribution >= 0.6 is 15.9 Å². The van der Waals surface area contributed by atoms with Gasteiger partial charge in [0.1, 0.15) is 0 Å². The Morgan fingerprint density at radius 1 is 1.50 bits per heavy atom. The molecule has 0 amide bonds. The molecular formula is C12H14BrNO3S. The van der Waals surface area contributed by atoms with Crippen molar-refractivity contribution in [2.45, 2.75) is 18.4 Å². The summed E-state index contributed by atoms with van der Waals surface area (Å²) in [6.07, 6.45) is 5.12. The van der Waals surface area contributed by atoms with Crippen LogP contribution in [0.4, 0.5) is 0 Å². The molecule has 1 N–H and O–H groups in total. The van der Waals surface area contributed by atoms with Crippen LogP contribution in [-0.2, 0) is 16.6 Å². The van der Waals surface area contributed by atoms with Gasteiger partial charge < -0.3 is 5.11 Å². The lowest BCUT2D eigenvalue weighted by Gasteiger charge is -2.17. The molecule has 1 aromatic carbocycles. The molecule has 0 aliphatic carbocycles. The zero-order valence-electron chi connectivity index (χ0n) is 10.1. The summed E-state index contributed by atoms with van der Waals surface area (Å²) in [4.78, 5) is 0.115. The summed E-state index contributed by atoms with van der Waals surface area (Å²) in [6.45, 7) is 1.55. The topological polar surface area (TPSA) is 57.6 Å². The molecule has 1 rings (SSSR count). The molecule has 0 fully saturated rings. The minimum Gasteiger partial charge on any atom is -0.392 e. The van der Waals surface area contributed by atoms with E-state index in [0.717, 1.165) is 9.87 Å². The van der Waals surface area contributed by atoms with Crippen molar-refractivity contribution in [2.24, 2.45) is 0 Å². The summed E-state index contributed by atoms with van der Waals surface area (Å²) in [5.41, 5.74) is 1.29. The Kier molecular flexibility index (Phi) is 4.93. The van der Waals surface area contributed by atoms with E-state index >= 15 is 0 Å². The maximum Gasteiger partial charge on any atom is 0.244 e. The smallest absolute Gasteiger partial charge is 0.244 e. The summed E-state index contributed by atoms with van der Waals surface area (Å²) >= 11 is 3.26. The van der Waals surface area contributed by atoms with Crippen molar-refractivity contribution in [3.63, 3.8) is 0 Å². The molecule has 1 aromatic rings. The van der Waals surface area contributed by atoms with Gasteiger partial charge in [0.25, 0.3) is 0 Å². The number of nitrogens with zero attached hydrogens (tertiary/aromatic N) is 1. The second-order valence-electron chi connectivity index (χ2n) is 3.85. The maximum absolute atomic E-state index is 12.3. The number of benzene rings is 1. The lowest BCUT2D eigenvalue weighted by Crippen LogP contribution is -2.27. The van der Waals surface area contributed by atoms with Crippen molar-refractivity contribution in [1.29, 1.82) is 0 Å². The van der Waals surface area contributed by atoms with Crippen LogP contribution in [0.15, 0.2) is 21.5 Å². The van der Waals surface area contributed by atoms with Gasteiger partial charge in [-0.15, -0.1) is 6.42 Å². The number of aliphatic hydroxyl groups excluding tert-OH is 1. The van der Waals surface area contributed by atoms with Gasteiger partial charge in [0.2, 0.25) is 10.0 Å². The molecule has 0 aromatic heterocycles. The minimum atomic E-state index is -3.65. The molecule has 0 spiro atoms. The minimum absolute atomic E-state index is 0.00280. The van der Waals surface area contributed by atoms with Gasteiger partial charge in [-0.05, 0) is 40.0 Å². The van der Waals surface area contributed by atoms with Gasteiger partial charge in [-0.3, -0.25) is 0 Å². The second kappa shape index (κ2) is 5.85. The van der Waals surface area contributed by atoms with E-state index in [1.807, 2.05) is 0 Å². The van der Waals surface area contributed by atoms with Crippen LogP contribution in [-0.4, -0.2) is 31.4 Å². The molecule has 0 atom stereocenters. The van der Waals surface area contributed by atoms with Crippen molar-refractivity contribution in [2.75, 3.05) is 13.6 Å². The molecule has 0 aliphatic heterocycles. The van der Waals surface area contributed by atoms with Crippen LogP contribution in [0.3, 0.4) is 0 Å². The lowest BCUT2D eigenvalue weighted by atomic mass is 10.1. The number of aliphatic hydroxyl groups is 1. The zero-order chi connectivity index (χ0) is 13.9. The SMILES string of the molecule is C#CCN(C)S(=O)(=O)c1cc(CO)cc(C)c1Br. The molecule has 0 unspecified atom stereocenters. The third-order valence-corrected chi connectivity index (χ3v) is 5.61. The number of hydrogen-bond donors (Lipinski definition) is 1. The first-order valence-corrected chi connectivity index (χ1v) is 7.37. The number of aryl methyl sites for hydroxylation is 1. The van der Waals surface area contributed by atoms with E-state index in [1.54, 1.807) is 13.0 Å². The Morgan fingerprint density at radius 2 is 2.11 bits per heavy atom. The van der Waals surface area contributed by atoms with Crippen LogP contribution in [0, 0.1) is 19.3 Å². The maximum atomic E-state index is 12.3. The monoisotopic (exact) mass is 331 g/mol. The quantitative estimate of drug-likeness (QED) is 0.851. The van der Waals surface area contributed by atoms with Gasteiger partial charge >= 0.3 is 0 Å². The normalized spacial score (nSPS) is 11.6. The third kappa shape index (κ3) is 2.93. The Labute approximate surface area is 116 Å². The van der Waals surface area contributed by atoms with Crippen molar-refractivity contribution < 1.29 is 13.5 Å². The molecule has 98 valence electrons. The zero-order valence-corrected chi connectivity index (χ0v) is 12.5. The highest BCUT2D eigenvalue weighted by Gasteiger charge is 2.24. The number of sulfonamides is 1. The average Bonchev–Trinajstić information content (AvgIpc) is 2.32. The molecule has 6 heteroatoms. The fraction of sp³-hybridized carbons (Fsp3) is 0.333. The third-order valence-electron chi connectivity index (χ3n) is 2.47. The number of terminal acetylenes is 1. The van der Waals surface area contributed by atoms with Gasteiger partial charge in [0.05, 0.1) is 18.0 Å². The fourth-order valence-electron chi connectivity index (χ4n) is 1.47. The van der Waals surface area contributed by atoms with Crippen LogP contribution < -0.4 is 0 Å². The molecule has 4 nitrogen and oxygen atoms in total. The van der Waals surface area contributed by atoms with Crippen molar-refractivity contribution in [3.8, 4) is 12.3 Å². The number of rotatable bonds is 4. The highest BCUT2D eigenvalue weighted by atomic mass is 79.9. The van der Waals surface area contributed by atoms with Crippen LogP contribution in [0.1, 0.15) is 11.1 Å². The average molecular weight is 332 g/mol. The number of hydrogen-bond acceptors (Lipinski definition) is 3. The van der Waals surface area contributed by atoms with E-state index in [1.165, 1.54) is 13.1 Å². The molecule has 0 saturated heterocycles. The molecule has 0 aliphatic rings. The van der Waals surface area contributed by atoms with Crippen LogP contribution in [0.25, 0.3) is 0 Å². The summed E-state index contributed by atoms with van der Waals surface area (Å²) in [5, 5.41) is 9.13. The molecule has 18 heavy (non-hydrogen) atoms. The Hall–Kier alpha value is -0.870. The van der Waals surface area contributed by atoms with E-state index in [-0.39, 0.29) is 18.0 Å². The van der Waals surface area contributed by atoms with E-state index < -0.39 is 10.0 Å². The van der Waals surface area contributed by atoms with E-state index in [0.29, 0.717) is 10.0 Å². The van der Waals surface area contributed by atoms with Crippen LogP contribution in [0.5, 0.6) is 0 Å². The summed E-state index contributed by atoms with van der Waals surface area (Å²) in [6, 6.07) is 3.17. The molecule has 0 radical (unpaired) electrons. The first-order valence-electron chi connectivity index (χ1n) is 5.14. The van der Waals surface area contributed by atoms with Gasteiger partial charge in [0.15, 0.2) is 0 Å². The van der Waals surface area contributed by atoms with E-state index in [2.05, 4.69) is 21.9 Å². The summed E-state index contributed by atoms with van der Waals surface area (Å²) < 4.78 is 26.1. The van der Waals surface area contributed by atoms with Crippen LogP contribution in [0.2, 0.25) is 0 Å². The first-order chi connectivity index (χ1) is 8.34. The largest absolute Gasteiger partial charge is 0.392 e. The summed E-state index contributed by atoms with van der Waals surface area (Å²) in [7, 11) is -2.23. The highest BCUT2D eigenvalue weighted by Crippen LogP contribution is 2.29. The molecule has 0 bridgehead atoms. The standard InChI is InChI=1S/C12H14BrNO3S/c1-4-5-14(3)18(16,17)11-7-10(8-15)6-9(2)12(11)13/h1,6-7,15H,5,8H2,2-3H3. The predicted octanol–water partition coefficient (Wildman–Crippen LogP) is 1.50. The molecular weight excluding hydrogens is 318 g/mol. The van der Waals surface area contributed by atoms with E-state index in [4.69, 9.17) is 11.5 Å². The first kappa shape index (κ1) is 15.2. The van der Waals surface area contributed by atoms with Gasteiger partial charge in [0, 0.05) is 11.5 Å². The Morgan fingerprint density at radius 3 is 2.61 bits per heavy atom. The van der Waals surface area contributed by atoms with Gasteiger partial charge in [-0.2, -0.15) is 4.31 Å². The fourth-order valence-corrected chi connectivity index (χ4v) is 3.58. The Bertz CT molecular complexity index is 590. The Balaban J connectivity index is 3.41. The van der Waals surface area contributed by atoms with E-state index in [9.17, 15) is 8.42 Å². The van der Waals surface area contributed by atoms with Crippen molar-refractivity contribution >= 4 is 26.0 Å². The lowest BCUT2D eigenvalue weighted by molar-refractivity contribution is 0.281. The molecule has 0 saturated carbocycles. The van der Waals surface area contributed by atoms with Crippen molar-refractivity contribution in [3.05, 3.63) is 27.7 Å². The predicted molar refractivity (Wildman–Crippen MR) is 73.5 cm³/mol. The second-order valence-corrected chi connectivity index (χ2v) is 6.65. The van der Waals surface area contributed by atoms with Gasteiger partial charge in [-0.1, -0.05) is 12.0 Å². The number of halogens is 1. The van der Waals surface area contributed by atoms with Crippen molar-refractivity contribution in [1.82, 2.24) is 4.31 Å².